The summed E-state index contributed by atoms with van der Waals surface area (Å²) in [4.78, 5) is 29.9. The molecule has 3 rings (SSSR count). The highest BCUT2D eigenvalue weighted by Gasteiger charge is 2.25. The minimum absolute atomic E-state index is 0.0196. The zero-order valence-corrected chi connectivity index (χ0v) is 16.8. The van der Waals surface area contributed by atoms with Crippen molar-refractivity contribution in [2.45, 2.75) is 32.1 Å². The van der Waals surface area contributed by atoms with Gasteiger partial charge in [-0.3, -0.25) is 4.79 Å². The Bertz CT molecular complexity index is 803. The van der Waals surface area contributed by atoms with Gasteiger partial charge in [-0.05, 0) is 31.0 Å². The minimum Gasteiger partial charge on any atom is -0.356 e. The number of hydrogen-bond acceptors (Lipinski definition) is 4. The summed E-state index contributed by atoms with van der Waals surface area (Å²) in [5, 5.41) is 9.48. The molecule has 2 aromatic rings. The lowest BCUT2D eigenvalue weighted by atomic mass is 9.98. The average Bonchev–Trinajstić information content (AvgIpc) is 3.10. The molecular weight excluding hydrogens is 384 g/mol. The molecule has 0 atom stereocenters. The van der Waals surface area contributed by atoms with Crippen molar-refractivity contribution < 1.29 is 9.59 Å². The third-order valence-corrected chi connectivity index (χ3v) is 5.82. The Hall–Kier alpha value is -2.12. The first-order valence-corrected chi connectivity index (χ1v) is 10.3. The molecule has 0 saturated carbocycles. The van der Waals surface area contributed by atoms with E-state index in [0.717, 1.165) is 30.0 Å². The molecule has 1 aromatic carbocycles. The fourth-order valence-electron chi connectivity index (χ4n) is 3.09. The molecule has 1 aliphatic rings. The topological polar surface area (TPSA) is 74.3 Å². The Morgan fingerprint density at radius 1 is 1.33 bits per heavy atom. The molecule has 2 heterocycles. The fraction of sp³-hybridized carbons (Fsp3) is 0.421. The van der Waals surface area contributed by atoms with Gasteiger partial charge in [0, 0.05) is 55.0 Å². The van der Waals surface area contributed by atoms with Crippen LogP contribution in [0, 0.1) is 0 Å². The second-order valence-electron chi connectivity index (χ2n) is 6.61. The molecule has 1 aromatic heterocycles. The molecule has 0 spiro atoms. The fourth-order valence-corrected chi connectivity index (χ4v) is 4.31. The second-order valence-corrected chi connectivity index (χ2v) is 7.94. The molecule has 3 amide bonds. The highest BCUT2D eigenvalue weighted by atomic mass is 35.5. The third kappa shape index (κ3) is 5.68. The molecule has 0 bridgehead atoms. The van der Waals surface area contributed by atoms with Crippen molar-refractivity contribution >= 4 is 40.6 Å². The SMILES string of the molecule is CC(=O)NCCc1csc(C2CCN(C(=O)Nc3cccc(Cl)c3)CC2)n1. The maximum Gasteiger partial charge on any atom is 0.321 e. The van der Waals surface area contributed by atoms with Gasteiger partial charge >= 0.3 is 6.03 Å². The van der Waals surface area contributed by atoms with E-state index in [1.807, 2.05) is 17.0 Å². The number of nitrogens with zero attached hydrogens (tertiary/aromatic N) is 2. The van der Waals surface area contributed by atoms with Gasteiger partial charge in [-0.2, -0.15) is 0 Å². The van der Waals surface area contributed by atoms with Crippen molar-refractivity contribution in [3.63, 3.8) is 0 Å². The number of urea groups is 1. The molecule has 0 aliphatic carbocycles. The van der Waals surface area contributed by atoms with E-state index in [-0.39, 0.29) is 11.9 Å². The molecule has 8 heteroatoms. The monoisotopic (exact) mass is 406 g/mol. The number of amides is 3. The maximum atomic E-state index is 12.4. The number of hydrogen-bond donors (Lipinski definition) is 2. The van der Waals surface area contributed by atoms with Crippen LogP contribution in [-0.4, -0.2) is 41.5 Å². The highest BCUT2D eigenvalue weighted by molar-refractivity contribution is 7.09. The smallest absolute Gasteiger partial charge is 0.321 e. The zero-order valence-electron chi connectivity index (χ0n) is 15.2. The summed E-state index contributed by atoms with van der Waals surface area (Å²) >= 11 is 7.63. The summed E-state index contributed by atoms with van der Waals surface area (Å²) < 4.78 is 0. The average molecular weight is 407 g/mol. The first kappa shape index (κ1) is 19.6. The number of thiazole rings is 1. The number of aromatic nitrogens is 1. The van der Waals surface area contributed by atoms with Crippen molar-refractivity contribution in [2.75, 3.05) is 25.0 Å². The van der Waals surface area contributed by atoms with E-state index >= 15 is 0 Å². The van der Waals surface area contributed by atoms with Crippen molar-refractivity contribution in [1.29, 1.82) is 0 Å². The lowest BCUT2D eigenvalue weighted by Crippen LogP contribution is -2.40. The van der Waals surface area contributed by atoms with Crippen LogP contribution in [-0.2, 0) is 11.2 Å². The van der Waals surface area contributed by atoms with Gasteiger partial charge in [0.25, 0.3) is 0 Å². The van der Waals surface area contributed by atoms with Crippen LogP contribution < -0.4 is 10.6 Å². The Kier molecular flexibility index (Phi) is 6.68. The van der Waals surface area contributed by atoms with Crippen LogP contribution in [0.4, 0.5) is 10.5 Å². The molecule has 144 valence electrons. The van der Waals surface area contributed by atoms with Crippen molar-refractivity contribution in [1.82, 2.24) is 15.2 Å². The lowest BCUT2D eigenvalue weighted by Gasteiger charge is -2.31. The molecule has 2 N–H and O–H groups in total. The molecule has 27 heavy (non-hydrogen) atoms. The van der Waals surface area contributed by atoms with Gasteiger partial charge in [0.05, 0.1) is 10.7 Å². The minimum atomic E-state index is -0.0918. The van der Waals surface area contributed by atoms with E-state index in [2.05, 4.69) is 16.0 Å². The number of anilines is 1. The number of piperidine rings is 1. The Morgan fingerprint density at radius 3 is 2.81 bits per heavy atom. The Morgan fingerprint density at radius 2 is 2.11 bits per heavy atom. The van der Waals surface area contributed by atoms with Gasteiger partial charge in [-0.1, -0.05) is 17.7 Å². The van der Waals surface area contributed by atoms with Gasteiger partial charge in [0.2, 0.25) is 5.91 Å². The summed E-state index contributed by atoms with van der Waals surface area (Å²) in [5.74, 6) is 0.369. The van der Waals surface area contributed by atoms with Crippen molar-refractivity contribution in [2.24, 2.45) is 0 Å². The predicted molar refractivity (Wildman–Crippen MR) is 109 cm³/mol. The van der Waals surface area contributed by atoms with Crippen LogP contribution in [0.1, 0.15) is 36.4 Å². The highest BCUT2D eigenvalue weighted by Crippen LogP contribution is 2.30. The summed E-state index contributed by atoms with van der Waals surface area (Å²) in [6.07, 6.45) is 2.56. The second kappa shape index (κ2) is 9.19. The molecular formula is C19H23ClN4O2S. The van der Waals surface area contributed by atoms with Gasteiger partial charge < -0.3 is 15.5 Å². The Balaban J connectivity index is 1.48. The number of rotatable bonds is 5. The number of carbonyl (C=O) groups is 2. The van der Waals surface area contributed by atoms with Crippen LogP contribution in [0.2, 0.25) is 5.02 Å². The molecule has 1 fully saturated rings. The van der Waals surface area contributed by atoms with E-state index < -0.39 is 0 Å². The zero-order chi connectivity index (χ0) is 19.2. The predicted octanol–water partition coefficient (Wildman–Crippen LogP) is 3.89. The molecule has 0 radical (unpaired) electrons. The summed E-state index contributed by atoms with van der Waals surface area (Å²) in [7, 11) is 0. The molecule has 1 aliphatic heterocycles. The largest absolute Gasteiger partial charge is 0.356 e. The number of benzene rings is 1. The summed E-state index contributed by atoms with van der Waals surface area (Å²) in [5.41, 5.74) is 1.73. The van der Waals surface area contributed by atoms with Crippen LogP contribution in [0.5, 0.6) is 0 Å². The van der Waals surface area contributed by atoms with E-state index in [1.165, 1.54) is 6.92 Å². The number of halogens is 1. The van der Waals surface area contributed by atoms with Crippen molar-refractivity contribution in [3.8, 4) is 0 Å². The standard InChI is InChI=1S/C19H23ClN4O2S/c1-13(25)21-8-5-17-12-27-18(22-17)14-6-9-24(10-7-14)19(26)23-16-4-2-3-15(20)11-16/h2-4,11-12,14H,5-10H2,1H3,(H,21,25)(H,23,26). The van der Waals surface area contributed by atoms with E-state index in [0.29, 0.717) is 36.3 Å². The van der Waals surface area contributed by atoms with E-state index in [4.69, 9.17) is 16.6 Å². The van der Waals surface area contributed by atoms with Gasteiger partial charge in [-0.15, -0.1) is 11.3 Å². The third-order valence-electron chi connectivity index (χ3n) is 4.53. The van der Waals surface area contributed by atoms with Crippen LogP contribution in [0.25, 0.3) is 0 Å². The summed E-state index contributed by atoms with van der Waals surface area (Å²) in [6.45, 7) is 3.54. The number of likely N-dealkylation sites (tertiary alicyclic amines) is 1. The van der Waals surface area contributed by atoms with Crippen LogP contribution in [0.15, 0.2) is 29.6 Å². The van der Waals surface area contributed by atoms with Gasteiger partial charge in [0.15, 0.2) is 0 Å². The maximum absolute atomic E-state index is 12.4. The first-order chi connectivity index (χ1) is 13.0. The van der Waals surface area contributed by atoms with Crippen LogP contribution in [0.3, 0.4) is 0 Å². The van der Waals surface area contributed by atoms with Crippen molar-refractivity contribution in [3.05, 3.63) is 45.4 Å². The van der Waals surface area contributed by atoms with Gasteiger partial charge in [-0.25, -0.2) is 9.78 Å². The molecule has 1 saturated heterocycles. The van der Waals surface area contributed by atoms with E-state index in [9.17, 15) is 9.59 Å². The molecule has 6 nitrogen and oxygen atoms in total. The normalized spacial score (nSPS) is 14.8. The Labute approximate surface area is 167 Å². The number of nitrogens with one attached hydrogen (secondary N) is 2. The first-order valence-electron chi connectivity index (χ1n) is 9.01. The van der Waals surface area contributed by atoms with Crippen LogP contribution >= 0.6 is 22.9 Å². The van der Waals surface area contributed by atoms with E-state index in [1.54, 1.807) is 23.5 Å². The number of carbonyl (C=O) groups excluding carboxylic acids is 2. The molecule has 0 unspecified atom stereocenters. The quantitative estimate of drug-likeness (QED) is 0.791. The summed E-state index contributed by atoms with van der Waals surface area (Å²) in [6, 6.07) is 7.07. The van der Waals surface area contributed by atoms with Gasteiger partial charge in [0.1, 0.15) is 0 Å². The lowest BCUT2D eigenvalue weighted by molar-refractivity contribution is -0.118.